The predicted molar refractivity (Wildman–Crippen MR) is 90.9 cm³/mol. The second kappa shape index (κ2) is 6.20. The van der Waals surface area contributed by atoms with Crippen LogP contribution in [0.3, 0.4) is 0 Å². The molecule has 2 aromatic heterocycles. The van der Waals surface area contributed by atoms with Gasteiger partial charge in [-0.3, -0.25) is 0 Å². The summed E-state index contributed by atoms with van der Waals surface area (Å²) in [6.45, 7) is 0. The second-order valence-corrected chi connectivity index (χ2v) is 5.69. The van der Waals surface area contributed by atoms with Gasteiger partial charge in [-0.15, -0.1) is 11.3 Å². The van der Waals surface area contributed by atoms with E-state index in [1.807, 2.05) is 24.3 Å². The van der Waals surface area contributed by atoms with Gasteiger partial charge in [-0.1, -0.05) is 12.1 Å². The molecule has 23 heavy (non-hydrogen) atoms. The van der Waals surface area contributed by atoms with Gasteiger partial charge in [0.15, 0.2) is 0 Å². The molecule has 0 unspecified atom stereocenters. The summed E-state index contributed by atoms with van der Waals surface area (Å²) >= 11 is 1.46. The summed E-state index contributed by atoms with van der Waals surface area (Å²) < 4.78 is 6.30. The number of fused-ring (bicyclic) bond motifs is 2. The van der Waals surface area contributed by atoms with E-state index in [9.17, 15) is 9.90 Å². The number of aromatic nitrogens is 1. The molecule has 0 radical (unpaired) electrons. The number of thiazole rings is 1. The zero-order chi connectivity index (χ0) is 16.4. The van der Waals surface area contributed by atoms with Crippen LogP contribution in [0.2, 0.25) is 0 Å². The SMILES string of the molecule is CO.O=c1oc2cc(O)ccc2cc1-c1nc2ccccc2s1. The highest BCUT2D eigenvalue weighted by atomic mass is 32.1. The van der Waals surface area contributed by atoms with Crippen LogP contribution in [0.5, 0.6) is 5.75 Å². The number of para-hydroxylation sites is 1. The van der Waals surface area contributed by atoms with Crippen LogP contribution in [-0.2, 0) is 0 Å². The van der Waals surface area contributed by atoms with E-state index in [2.05, 4.69) is 4.98 Å². The van der Waals surface area contributed by atoms with Crippen LogP contribution in [0, 0.1) is 0 Å². The molecule has 2 heterocycles. The quantitative estimate of drug-likeness (QED) is 0.524. The molecule has 0 aliphatic carbocycles. The van der Waals surface area contributed by atoms with Crippen molar-refractivity contribution in [3.05, 3.63) is 59.0 Å². The summed E-state index contributed by atoms with van der Waals surface area (Å²) in [6.07, 6.45) is 0. The Bertz CT molecular complexity index is 1000. The van der Waals surface area contributed by atoms with E-state index in [1.165, 1.54) is 17.4 Å². The number of hydrogen-bond acceptors (Lipinski definition) is 6. The molecule has 2 N–H and O–H groups in total. The third-order valence-electron chi connectivity index (χ3n) is 3.24. The van der Waals surface area contributed by atoms with Crippen molar-refractivity contribution < 1.29 is 14.6 Å². The molecule has 5 nitrogen and oxygen atoms in total. The maximum Gasteiger partial charge on any atom is 0.346 e. The Morgan fingerprint density at radius 1 is 1.09 bits per heavy atom. The normalized spacial score (nSPS) is 10.5. The van der Waals surface area contributed by atoms with Crippen molar-refractivity contribution in [1.29, 1.82) is 0 Å². The lowest BCUT2D eigenvalue weighted by Crippen LogP contribution is -2.02. The first-order chi connectivity index (χ1) is 11.2. The topological polar surface area (TPSA) is 83.6 Å². The van der Waals surface area contributed by atoms with Crippen LogP contribution in [0.1, 0.15) is 0 Å². The van der Waals surface area contributed by atoms with Crippen LogP contribution in [-0.4, -0.2) is 22.3 Å². The highest BCUT2D eigenvalue weighted by Crippen LogP contribution is 2.30. The monoisotopic (exact) mass is 327 g/mol. The van der Waals surface area contributed by atoms with E-state index < -0.39 is 5.63 Å². The predicted octanol–water partition coefficient (Wildman–Crippen LogP) is 3.38. The van der Waals surface area contributed by atoms with Crippen LogP contribution in [0.25, 0.3) is 31.8 Å². The van der Waals surface area contributed by atoms with Crippen LogP contribution < -0.4 is 5.63 Å². The highest BCUT2D eigenvalue weighted by molar-refractivity contribution is 7.21. The van der Waals surface area contributed by atoms with Crippen molar-refractivity contribution in [2.24, 2.45) is 0 Å². The summed E-state index contributed by atoms with van der Waals surface area (Å²) in [5.41, 5.74) is 1.22. The summed E-state index contributed by atoms with van der Waals surface area (Å²) in [4.78, 5) is 16.6. The molecule has 0 fully saturated rings. The number of phenolic OH excluding ortho intramolecular Hbond substituents is 1. The zero-order valence-electron chi connectivity index (χ0n) is 12.2. The molecule has 0 bridgehead atoms. The second-order valence-electron chi connectivity index (χ2n) is 4.66. The van der Waals surface area contributed by atoms with Gasteiger partial charge in [0, 0.05) is 18.6 Å². The molecule has 0 spiro atoms. The Labute approximate surface area is 135 Å². The summed E-state index contributed by atoms with van der Waals surface area (Å²) in [5, 5.41) is 17.8. The molecular formula is C17H13NO4S. The largest absolute Gasteiger partial charge is 0.508 e. The fourth-order valence-corrected chi connectivity index (χ4v) is 3.21. The lowest BCUT2D eigenvalue weighted by molar-refractivity contribution is 0.399. The average molecular weight is 327 g/mol. The summed E-state index contributed by atoms with van der Waals surface area (Å²) in [6, 6.07) is 14.2. The minimum absolute atomic E-state index is 0.0680. The molecule has 0 saturated heterocycles. The van der Waals surface area contributed by atoms with Crippen LogP contribution in [0.15, 0.2) is 57.7 Å². The smallest absolute Gasteiger partial charge is 0.346 e. The first-order valence-electron chi connectivity index (χ1n) is 6.78. The number of benzene rings is 2. The Kier molecular flexibility index (Phi) is 4.10. The fourth-order valence-electron chi connectivity index (χ4n) is 2.24. The van der Waals surface area contributed by atoms with Gasteiger partial charge in [0.1, 0.15) is 16.3 Å². The lowest BCUT2D eigenvalue weighted by Gasteiger charge is -1.99. The van der Waals surface area contributed by atoms with Crippen molar-refractivity contribution in [1.82, 2.24) is 4.98 Å². The first-order valence-corrected chi connectivity index (χ1v) is 7.60. The van der Waals surface area contributed by atoms with Crippen molar-refractivity contribution >= 4 is 32.5 Å². The van der Waals surface area contributed by atoms with E-state index in [1.54, 1.807) is 18.2 Å². The van der Waals surface area contributed by atoms with Crippen molar-refractivity contribution in [3.63, 3.8) is 0 Å². The number of hydrogen-bond donors (Lipinski definition) is 2. The first kappa shape index (κ1) is 15.2. The van der Waals surface area contributed by atoms with E-state index in [0.29, 0.717) is 16.2 Å². The molecule has 0 saturated carbocycles. The molecule has 4 aromatic rings. The maximum atomic E-state index is 12.1. The van der Waals surface area contributed by atoms with Crippen molar-refractivity contribution in [2.75, 3.05) is 7.11 Å². The fraction of sp³-hybridized carbons (Fsp3) is 0.0588. The number of nitrogens with zero attached hydrogens (tertiary/aromatic N) is 1. The number of rotatable bonds is 1. The van der Waals surface area contributed by atoms with Gasteiger partial charge in [-0.25, -0.2) is 9.78 Å². The summed E-state index contributed by atoms with van der Waals surface area (Å²) in [5.74, 6) is 0.0680. The molecule has 116 valence electrons. The van der Waals surface area contributed by atoms with Crippen LogP contribution in [0.4, 0.5) is 0 Å². The minimum Gasteiger partial charge on any atom is -0.508 e. The molecule has 0 atom stereocenters. The lowest BCUT2D eigenvalue weighted by atomic mass is 10.2. The van der Waals surface area contributed by atoms with Gasteiger partial charge in [-0.05, 0) is 30.3 Å². The number of aliphatic hydroxyl groups is 1. The number of aliphatic hydroxyl groups excluding tert-OH is 1. The van der Waals surface area contributed by atoms with Gasteiger partial charge < -0.3 is 14.6 Å². The van der Waals surface area contributed by atoms with Crippen LogP contribution >= 0.6 is 11.3 Å². The number of phenols is 1. The van der Waals surface area contributed by atoms with Gasteiger partial charge in [0.25, 0.3) is 0 Å². The third-order valence-corrected chi connectivity index (χ3v) is 4.31. The molecular weight excluding hydrogens is 314 g/mol. The average Bonchev–Trinajstić information content (AvgIpc) is 2.99. The Morgan fingerprint density at radius 3 is 2.65 bits per heavy atom. The molecule has 0 aliphatic rings. The van der Waals surface area contributed by atoms with Gasteiger partial charge >= 0.3 is 5.63 Å². The van der Waals surface area contributed by atoms with Gasteiger partial charge in [0.2, 0.25) is 0 Å². The van der Waals surface area contributed by atoms with Gasteiger partial charge in [-0.2, -0.15) is 0 Å². The standard InChI is InChI=1S/C16H9NO3S.CH4O/c18-10-6-5-9-7-11(16(19)20-13(9)8-10)15-17-12-3-1-2-4-14(12)21-15;1-2/h1-8,18H;2H,1H3. The summed E-state index contributed by atoms with van der Waals surface area (Å²) in [7, 11) is 1.00. The molecule has 6 heteroatoms. The molecule has 2 aromatic carbocycles. The minimum atomic E-state index is -0.452. The van der Waals surface area contributed by atoms with E-state index in [-0.39, 0.29) is 5.75 Å². The molecule has 0 aliphatic heterocycles. The van der Waals surface area contributed by atoms with Crippen molar-refractivity contribution in [3.8, 4) is 16.3 Å². The number of aromatic hydroxyl groups is 1. The van der Waals surface area contributed by atoms with Crippen molar-refractivity contribution in [2.45, 2.75) is 0 Å². The molecule has 4 rings (SSSR count). The third kappa shape index (κ3) is 2.81. The van der Waals surface area contributed by atoms with Gasteiger partial charge in [0.05, 0.1) is 15.8 Å². The van der Waals surface area contributed by atoms with E-state index >= 15 is 0 Å². The molecule has 0 amide bonds. The van der Waals surface area contributed by atoms with E-state index in [0.717, 1.165) is 22.7 Å². The maximum absolute atomic E-state index is 12.1. The van der Waals surface area contributed by atoms with E-state index in [4.69, 9.17) is 9.52 Å². The Morgan fingerprint density at radius 2 is 1.87 bits per heavy atom. The Hall–Kier alpha value is -2.70. The highest BCUT2D eigenvalue weighted by Gasteiger charge is 2.12. The Balaban J connectivity index is 0.000000753. The zero-order valence-corrected chi connectivity index (χ0v) is 13.0.